The summed E-state index contributed by atoms with van der Waals surface area (Å²) in [5, 5.41) is 5.27. The van der Waals surface area contributed by atoms with Crippen molar-refractivity contribution in [1.82, 2.24) is 5.32 Å². The Morgan fingerprint density at radius 3 is 2.86 bits per heavy atom. The maximum atomic E-state index is 11.9. The molecule has 22 heavy (non-hydrogen) atoms. The second kappa shape index (κ2) is 6.84. The third-order valence-electron chi connectivity index (χ3n) is 3.37. The molecule has 7 nitrogen and oxygen atoms in total. The molecule has 0 bridgehead atoms. The van der Waals surface area contributed by atoms with Gasteiger partial charge in [-0.15, -0.1) is 0 Å². The van der Waals surface area contributed by atoms with Gasteiger partial charge in [0.05, 0.1) is 18.9 Å². The van der Waals surface area contributed by atoms with Crippen LogP contribution in [0.2, 0.25) is 0 Å². The summed E-state index contributed by atoms with van der Waals surface area (Å²) >= 11 is 0. The molecule has 0 aliphatic carbocycles. The summed E-state index contributed by atoms with van der Waals surface area (Å²) in [5.41, 5.74) is 7.39. The number of amides is 3. The molecule has 0 saturated carbocycles. The van der Waals surface area contributed by atoms with E-state index in [1.165, 1.54) is 0 Å². The van der Waals surface area contributed by atoms with Gasteiger partial charge in [0.1, 0.15) is 6.29 Å². The normalized spacial score (nSPS) is 13.9. The van der Waals surface area contributed by atoms with Gasteiger partial charge < -0.3 is 21.2 Å². The lowest BCUT2D eigenvalue weighted by Gasteiger charge is -2.12. The molecule has 1 heterocycles. The minimum atomic E-state index is -0.724. The predicted octanol–water partition coefficient (Wildman–Crippen LogP) is -0.327. The second-order valence-electron chi connectivity index (χ2n) is 5.21. The predicted molar refractivity (Wildman–Crippen MR) is 78.9 cm³/mol. The van der Waals surface area contributed by atoms with E-state index in [0.717, 1.165) is 16.8 Å². The molecular formula is C15H17N3O4. The standard InChI is InChI=1S/C15H17N3O4/c16-13(20)4-2-11(8-19)17-14(21)6-9-1-3-12-10(5-9)7-15(22)18-12/h1,3,5,8,11H,2,4,6-7H2,(H2,16,20)(H,17,21)(H,18,22)/t11-/m1/s1. The van der Waals surface area contributed by atoms with Crippen LogP contribution in [-0.4, -0.2) is 30.0 Å². The van der Waals surface area contributed by atoms with E-state index in [1.54, 1.807) is 18.2 Å². The van der Waals surface area contributed by atoms with Crippen LogP contribution in [0.1, 0.15) is 24.0 Å². The van der Waals surface area contributed by atoms with E-state index in [9.17, 15) is 19.2 Å². The van der Waals surface area contributed by atoms with Crippen LogP contribution in [0.5, 0.6) is 0 Å². The average molecular weight is 303 g/mol. The maximum Gasteiger partial charge on any atom is 0.228 e. The number of carbonyl (C=O) groups is 4. The zero-order chi connectivity index (χ0) is 16.1. The Bertz CT molecular complexity index is 627. The Kier molecular flexibility index (Phi) is 4.88. The smallest absolute Gasteiger partial charge is 0.228 e. The van der Waals surface area contributed by atoms with Crippen LogP contribution in [0.25, 0.3) is 0 Å². The van der Waals surface area contributed by atoms with Crippen LogP contribution in [0, 0.1) is 0 Å². The average Bonchev–Trinajstić information content (AvgIpc) is 2.82. The Hall–Kier alpha value is -2.70. The number of carbonyl (C=O) groups excluding carboxylic acids is 4. The lowest BCUT2D eigenvalue weighted by molar-refractivity contribution is -0.124. The van der Waals surface area contributed by atoms with Crippen molar-refractivity contribution in [2.75, 3.05) is 5.32 Å². The van der Waals surface area contributed by atoms with E-state index in [4.69, 9.17) is 5.73 Å². The summed E-state index contributed by atoms with van der Waals surface area (Å²) in [6.45, 7) is 0. The maximum absolute atomic E-state index is 11.9. The van der Waals surface area contributed by atoms with E-state index >= 15 is 0 Å². The van der Waals surface area contributed by atoms with Crippen molar-refractivity contribution in [3.63, 3.8) is 0 Å². The fourth-order valence-electron chi connectivity index (χ4n) is 2.31. The first-order valence-corrected chi connectivity index (χ1v) is 6.92. The third kappa shape index (κ3) is 4.15. The highest BCUT2D eigenvalue weighted by Gasteiger charge is 2.18. The number of primary amides is 1. The number of benzene rings is 1. The quantitative estimate of drug-likeness (QED) is 0.598. The second-order valence-corrected chi connectivity index (χ2v) is 5.21. The number of hydrogen-bond acceptors (Lipinski definition) is 4. The Balaban J connectivity index is 1.91. The van der Waals surface area contributed by atoms with Gasteiger partial charge in [-0.1, -0.05) is 12.1 Å². The minimum absolute atomic E-state index is 0.0380. The molecule has 3 amide bonds. The Morgan fingerprint density at radius 1 is 1.41 bits per heavy atom. The first kappa shape index (κ1) is 15.7. The van der Waals surface area contributed by atoms with Gasteiger partial charge in [-0.2, -0.15) is 0 Å². The summed E-state index contributed by atoms with van der Waals surface area (Å²) in [4.78, 5) is 44.8. The largest absolute Gasteiger partial charge is 0.370 e. The van der Waals surface area contributed by atoms with Crippen molar-refractivity contribution in [3.8, 4) is 0 Å². The number of fused-ring (bicyclic) bond motifs is 1. The van der Waals surface area contributed by atoms with Gasteiger partial charge in [0.2, 0.25) is 17.7 Å². The highest BCUT2D eigenvalue weighted by atomic mass is 16.2. The lowest BCUT2D eigenvalue weighted by atomic mass is 10.1. The van der Waals surface area contributed by atoms with Crippen LogP contribution >= 0.6 is 0 Å². The number of aldehydes is 1. The zero-order valence-corrected chi connectivity index (χ0v) is 11.9. The number of anilines is 1. The number of nitrogens with one attached hydrogen (secondary N) is 2. The monoisotopic (exact) mass is 303 g/mol. The highest BCUT2D eigenvalue weighted by Crippen LogP contribution is 2.23. The van der Waals surface area contributed by atoms with Gasteiger partial charge in [0.25, 0.3) is 0 Å². The molecule has 0 unspecified atom stereocenters. The fourth-order valence-corrected chi connectivity index (χ4v) is 2.31. The van der Waals surface area contributed by atoms with Gasteiger partial charge in [-0.25, -0.2) is 0 Å². The minimum Gasteiger partial charge on any atom is -0.370 e. The van der Waals surface area contributed by atoms with E-state index in [-0.39, 0.29) is 31.1 Å². The molecule has 4 N–H and O–H groups in total. The van der Waals surface area contributed by atoms with Crippen LogP contribution in [-0.2, 0) is 32.0 Å². The molecule has 0 spiro atoms. The van der Waals surface area contributed by atoms with E-state index in [1.807, 2.05) is 0 Å². The first-order valence-electron chi connectivity index (χ1n) is 6.92. The molecule has 0 aromatic heterocycles. The molecule has 1 aromatic carbocycles. The van der Waals surface area contributed by atoms with Gasteiger partial charge in [0, 0.05) is 12.1 Å². The summed E-state index contributed by atoms with van der Waals surface area (Å²) < 4.78 is 0. The van der Waals surface area contributed by atoms with Crippen LogP contribution in [0.15, 0.2) is 18.2 Å². The highest BCUT2D eigenvalue weighted by molar-refractivity contribution is 5.99. The molecule has 1 aliphatic rings. The van der Waals surface area contributed by atoms with Crippen molar-refractivity contribution in [1.29, 1.82) is 0 Å². The molecule has 0 radical (unpaired) electrons. The van der Waals surface area contributed by atoms with Crippen molar-refractivity contribution in [2.24, 2.45) is 5.73 Å². The summed E-state index contributed by atoms with van der Waals surface area (Å²) in [7, 11) is 0. The molecule has 0 saturated heterocycles. The Labute approximate surface area is 127 Å². The van der Waals surface area contributed by atoms with Crippen molar-refractivity contribution >= 4 is 29.7 Å². The van der Waals surface area contributed by atoms with Crippen LogP contribution in [0.3, 0.4) is 0 Å². The summed E-state index contributed by atoms with van der Waals surface area (Å²) in [6, 6.07) is 4.58. The molecule has 0 fully saturated rings. The van der Waals surface area contributed by atoms with Crippen molar-refractivity contribution < 1.29 is 19.2 Å². The van der Waals surface area contributed by atoms with Gasteiger partial charge in [-0.05, 0) is 23.6 Å². The van der Waals surface area contributed by atoms with Crippen molar-refractivity contribution in [2.45, 2.75) is 31.7 Å². The molecule has 1 atom stereocenters. The van der Waals surface area contributed by atoms with Gasteiger partial charge in [-0.3, -0.25) is 14.4 Å². The van der Waals surface area contributed by atoms with Gasteiger partial charge >= 0.3 is 0 Å². The third-order valence-corrected chi connectivity index (χ3v) is 3.37. The van der Waals surface area contributed by atoms with E-state index in [0.29, 0.717) is 12.7 Å². The lowest BCUT2D eigenvalue weighted by Crippen LogP contribution is -2.37. The van der Waals surface area contributed by atoms with Gasteiger partial charge in [0.15, 0.2) is 0 Å². The molecule has 116 valence electrons. The number of nitrogens with two attached hydrogens (primary N) is 1. The number of rotatable bonds is 7. The topological polar surface area (TPSA) is 118 Å². The van der Waals surface area contributed by atoms with E-state index in [2.05, 4.69) is 10.6 Å². The van der Waals surface area contributed by atoms with Crippen LogP contribution < -0.4 is 16.4 Å². The first-order chi connectivity index (χ1) is 10.5. The molecular weight excluding hydrogens is 286 g/mol. The molecule has 1 aliphatic heterocycles. The molecule has 7 heteroatoms. The molecule has 2 rings (SSSR count). The SMILES string of the molecule is NC(=O)CC[C@H](C=O)NC(=O)Cc1ccc2c(c1)CC(=O)N2. The van der Waals surface area contributed by atoms with E-state index < -0.39 is 11.9 Å². The van der Waals surface area contributed by atoms with Crippen molar-refractivity contribution in [3.05, 3.63) is 29.3 Å². The Morgan fingerprint density at radius 2 is 2.18 bits per heavy atom. The summed E-state index contributed by atoms with van der Waals surface area (Å²) in [6.07, 6.45) is 1.22. The zero-order valence-electron chi connectivity index (χ0n) is 11.9. The summed E-state index contributed by atoms with van der Waals surface area (Å²) in [5.74, 6) is -0.903. The van der Waals surface area contributed by atoms with Crippen LogP contribution in [0.4, 0.5) is 5.69 Å². The number of hydrogen-bond donors (Lipinski definition) is 3. The fraction of sp³-hybridized carbons (Fsp3) is 0.333. The molecule has 1 aromatic rings.